The third-order valence-corrected chi connectivity index (χ3v) is 8.42. The first-order valence-electron chi connectivity index (χ1n) is 12.5. The summed E-state index contributed by atoms with van der Waals surface area (Å²) in [4.78, 5) is 36.6. The number of thioether (sulfide) groups is 1. The number of fused-ring (bicyclic) bond motifs is 1. The van der Waals surface area contributed by atoms with E-state index in [-0.39, 0.29) is 11.5 Å². The molecule has 2 aromatic heterocycles. The van der Waals surface area contributed by atoms with Crippen molar-refractivity contribution >= 4 is 51.7 Å². The van der Waals surface area contributed by atoms with Crippen LogP contribution in [0.4, 0.5) is 5.82 Å². The van der Waals surface area contributed by atoms with Crippen molar-refractivity contribution in [3.63, 3.8) is 0 Å². The monoisotopic (exact) mass is 518 g/mol. The molecule has 0 bridgehead atoms. The average Bonchev–Trinajstić information content (AvgIpc) is 3.14. The maximum Gasteiger partial charge on any atom is 0.267 e. The maximum absolute atomic E-state index is 13.8. The normalized spacial score (nSPS) is 19.6. The molecule has 2 aliphatic rings. The summed E-state index contributed by atoms with van der Waals surface area (Å²) >= 11 is 6.83. The van der Waals surface area contributed by atoms with Crippen molar-refractivity contribution < 1.29 is 4.79 Å². The molecular weight excluding hydrogens is 488 g/mol. The van der Waals surface area contributed by atoms with Crippen LogP contribution in [0.3, 0.4) is 0 Å². The molecule has 0 spiro atoms. The molecule has 5 rings (SSSR count). The number of aromatic nitrogens is 2. The second-order valence-corrected chi connectivity index (χ2v) is 11.2. The van der Waals surface area contributed by atoms with E-state index < -0.39 is 0 Å². The number of anilines is 1. The van der Waals surface area contributed by atoms with Gasteiger partial charge in [0.15, 0.2) is 0 Å². The van der Waals surface area contributed by atoms with Crippen molar-refractivity contribution in [2.45, 2.75) is 59.0 Å². The number of amides is 1. The first kappa shape index (κ1) is 24.7. The number of rotatable bonds is 5. The molecule has 2 aliphatic heterocycles. The highest BCUT2D eigenvalue weighted by Gasteiger charge is 2.34. The van der Waals surface area contributed by atoms with Crippen LogP contribution in [0, 0.1) is 13.8 Å². The number of nitrogens with zero attached hydrogens (tertiary/aromatic N) is 4. The summed E-state index contributed by atoms with van der Waals surface area (Å²) in [6.07, 6.45) is 7.75. The Morgan fingerprint density at radius 1 is 1.14 bits per heavy atom. The van der Waals surface area contributed by atoms with Crippen molar-refractivity contribution in [2.24, 2.45) is 0 Å². The summed E-state index contributed by atoms with van der Waals surface area (Å²) in [5.41, 5.74) is 4.07. The number of pyridine rings is 1. The van der Waals surface area contributed by atoms with Crippen LogP contribution in [0.15, 0.2) is 52.3 Å². The van der Waals surface area contributed by atoms with Crippen molar-refractivity contribution in [1.82, 2.24) is 14.3 Å². The van der Waals surface area contributed by atoms with Crippen LogP contribution in [-0.4, -0.2) is 37.1 Å². The number of carbonyl (C=O) groups excluding carboxylic acids is 1. The lowest BCUT2D eigenvalue weighted by Gasteiger charge is -2.37. The maximum atomic E-state index is 13.8. The van der Waals surface area contributed by atoms with E-state index in [4.69, 9.17) is 17.2 Å². The second kappa shape index (κ2) is 10.2. The molecule has 0 saturated carbocycles. The fourth-order valence-electron chi connectivity index (χ4n) is 4.99. The first-order chi connectivity index (χ1) is 17.4. The third-order valence-electron chi connectivity index (χ3n) is 7.04. The molecule has 1 unspecified atom stereocenters. The Labute approximate surface area is 221 Å². The number of carbonyl (C=O) groups is 1. The highest BCUT2D eigenvalue weighted by molar-refractivity contribution is 8.26. The molecule has 4 heterocycles. The summed E-state index contributed by atoms with van der Waals surface area (Å²) in [6, 6.07) is 12.2. The molecule has 8 heteroatoms. The van der Waals surface area contributed by atoms with Gasteiger partial charge in [0.05, 0.1) is 17.0 Å². The summed E-state index contributed by atoms with van der Waals surface area (Å²) in [5.74, 6) is 0.501. The van der Waals surface area contributed by atoms with Gasteiger partial charge in [0, 0.05) is 18.8 Å². The highest BCUT2D eigenvalue weighted by Crippen LogP contribution is 2.35. The molecule has 3 aromatic rings. The molecule has 0 N–H and O–H groups in total. The van der Waals surface area contributed by atoms with Crippen molar-refractivity contribution in [3.8, 4) is 0 Å². The minimum Gasteiger partial charge on any atom is -0.353 e. The fourth-order valence-corrected chi connectivity index (χ4v) is 6.23. The van der Waals surface area contributed by atoms with Gasteiger partial charge in [0.1, 0.15) is 15.8 Å². The van der Waals surface area contributed by atoms with Gasteiger partial charge in [-0.15, -0.1) is 0 Å². The van der Waals surface area contributed by atoms with Crippen LogP contribution in [0.1, 0.15) is 54.9 Å². The number of hydrogen-bond acceptors (Lipinski definition) is 6. The van der Waals surface area contributed by atoms with Gasteiger partial charge in [-0.05, 0) is 62.8 Å². The van der Waals surface area contributed by atoms with Crippen LogP contribution >= 0.6 is 24.0 Å². The predicted molar refractivity (Wildman–Crippen MR) is 151 cm³/mol. The Balaban J connectivity index is 1.59. The van der Waals surface area contributed by atoms with Crippen molar-refractivity contribution in [2.75, 3.05) is 11.4 Å². The molecule has 2 fully saturated rings. The van der Waals surface area contributed by atoms with E-state index in [1.165, 1.54) is 23.7 Å². The fraction of sp³-hybridized carbons (Fsp3) is 0.357. The summed E-state index contributed by atoms with van der Waals surface area (Å²) in [6.45, 7) is 7.44. The predicted octanol–water partition coefficient (Wildman–Crippen LogP) is 5.48. The molecule has 2 saturated heterocycles. The molecule has 0 radical (unpaired) electrons. The number of piperidine rings is 1. The van der Waals surface area contributed by atoms with E-state index in [2.05, 4.69) is 11.8 Å². The SMILES string of the molecule is CCC1CCCCN1c1nc2c(C)cccn2c(=O)c1/C=C1/SC(=S)N(Cc2ccc(C)cc2)C1=O. The number of aryl methyl sites for hydroxylation is 2. The van der Waals surface area contributed by atoms with Gasteiger partial charge in [0.25, 0.3) is 11.5 Å². The van der Waals surface area contributed by atoms with Crippen LogP contribution in [0.25, 0.3) is 11.7 Å². The van der Waals surface area contributed by atoms with E-state index in [1.807, 2.05) is 50.2 Å². The van der Waals surface area contributed by atoms with E-state index in [1.54, 1.807) is 21.6 Å². The quantitative estimate of drug-likeness (QED) is 0.329. The lowest BCUT2D eigenvalue weighted by Crippen LogP contribution is -2.41. The minimum absolute atomic E-state index is 0.164. The lowest BCUT2D eigenvalue weighted by molar-refractivity contribution is -0.122. The molecule has 1 amide bonds. The van der Waals surface area contributed by atoms with Crippen LogP contribution in [0.2, 0.25) is 0 Å². The zero-order valence-corrected chi connectivity index (χ0v) is 22.5. The van der Waals surface area contributed by atoms with Gasteiger partial charge in [-0.2, -0.15) is 0 Å². The van der Waals surface area contributed by atoms with E-state index >= 15 is 0 Å². The number of hydrogen-bond donors (Lipinski definition) is 0. The van der Waals surface area contributed by atoms with Gasteiger partial charge in [0.2, 0.25) is 0 Å². The van der Waals surface area contributed by atoms with E-state index in [0.29, 0.717) is 38.8 Å². The van der Waals surface area contributed by atoms with Crippen LogP contribution in [-0.2, 0) is 11.3 Å². The summed E-state index contributed by atoms with van der Waals surface area (Å²) in [5, 5.41) is 0. The molecule has 6 nitrogen and oxygen atoms in total. The zero-order valence-electron chi connectivity index (χ0n) is 20.9. The van der Waals surface area contributed by atoms with Gasteiger partial charge in [-0.3, -0.25) is 18.9 Å². The van der Waals surface area contributed by atoms with Gasteiger partial charge in [-0.1, -0.05) is 66.8 Å². The Morgan fingerprint density at radius 3 is 2.67 bits per heavy atom. The molecule has 0 aliphatic carbocycles. The van der Waals surface area contributed by atoms with Crippen LogP contribution < -0.4 is 10.5 Å². The largest absolute Gasteiger partial charge is 0.353 e. The van der Waals surface area contributed by atoms with E-state index in [0.717, 1.165) is 36.9 Å². The Hall–Kier alpha value is -2.97. The highest BCUT2D eigenvalue weighted by atomic mass is 32.2. The molecular formula is C28H30N4O2S2. The lowest BCUT2D eigenvalue weighted by atomic mass is 9.99. The summed E-state index contributed by atoms with van der Waals surface area (Å²) < 4.78 is 2.09. The Morgan fingerprint density at radius 2 is 1.92 bits per heavy atom. The van der Waals surface area contributed by atoms with E-state index in [9.17, 15) is 9.59 Å². The van der Waals surface area contributed by atoms with Gasteiger partial charge < -0.3 is 4.90 Å². The Kier molecular flexibility index (Phi) is 6.99. The summed E-state index contributed by atoms with van der Waals surface area (Å²) in [7, 11) is 0. The molecule has 186 valence electrons. The smallest absolute Gasteiger partial charge is 0.267 e. The first-order valence-corrected chi connectivity index (χ1v) is 13.7. The Bertz CT molecular complexity index is 1430. The number of benzene rings is 1. The number of thiocarbonyl (C=S) groups is 1. The van der Waals surface area contributed by atoms with Gasteiger partial charge >= 0.3 is 0 Å². The second-order valence-electron chi connectivity index (χ2n) is 9.54. The zero-order chi connectivity index (χ0) is 25.4. The third kappa shape index (κ3) is 4.60. The van der Waals surface area contributed by atoms with Gasteiger partial charge in [-0.25, -0.2) is 4.98 Å². The molecule has 1 atom stereocenters. The van der Waals surface area contributed by atoms with Crippen molar-refractivity contribution in [1.29, 1.82) is 0 Å². The molecule has 1 aromatic carbocycles. The average molecular weight is 519 g/mol. The molecule has 36 heavy (non-hydrogen) atoms. The van der Waals surface area contributed by atoms with Crippen LogP contribution in [0.5, 0.6) is 0 Å². The minimum atomic E-state index is -0.170. The standard InChI is InChI=1S/C28H30N4O2S2/c1-4-21-9-5-6-14-30(21)25-22(26(33)31-15-7-8-19(3)24(31)29-25)16-23-27(34)32(28(35)36-23)17-20-12-10-18(2)11-13-20/h7-8,10-13,15-16,21H,4-6,9,14,17H2,1-3H3/b23-16+. The van der Waals surface area contributed by atoms with Crippen molar-refractivity contribution in [3.05, 3.63) is 80.1 Å². The topological polar surface area (TPSA) is 57.9 Å².